The normalized spacial score (nSPS) is 17.5. The SMILES string of the molecule is COCc1nc(Cl)cc(N2CCN(C)CC2)n1. The first kappa shape index (κ1) is 12.5. The maximum Gasteiger partial charge on any atom is 0.158 e. The highest BCUT2D eigenvalue weighted by Crippen LogP contribution is 2.17. The van der Waals surface area contributed by atoms with Crippen LogP contribution in [0, 0.1) is 0 Å². The summed E-state index contributed by atoms with van der Waals surface area (Å²) in [6.45, 7) is 4.41. The number of aromatic nitrogens is 2. The molecular formula is C11H17ClN4O. The van der Waals surface area contributed by atoms with E-state index in [2.05, 4.69) is 26.8 Å². The minimum absolute atomic E-state index is 0.390. The third kappa shape index (κ3) is 3.28. The number of methoxy groups -OCH3 is 1. The molecule has 1 aliphatic heterocycles. The van der Waals surface area contributed by atoms with Crippen molar-refractivity contribution in [1.29, 1.82) is 0 Å². The molecule has 2 rings (SSSR count). The van der Waals surface area contributed by atoms with Crippen LogP contribution in [0.2, 0.25) is 5.15 Å². The highest BCUT2D eigenvalue weighted by Gasteiger charge is 2.16. The molecule has 0 unspecified atom stereocenters. The Morgan fingerprint density at radius 3 is 2.65 bits per heavy atom. The fourth-order valence-corrected chi connectivity index (χ4v) is 2.04. The van der Waals surface area contributed by atoms with E-state index >= 15 is 0 Å². The molecule has 1 aromatic rings. The third-order valence-electron chi connectivity index (χ3n) is 2.83. The molecule has 0 atom stereocenters. The maximum atomic E-state index is 5.99. The van der Waals surface area contributed by atoms with Crippen LogP contribution in [-0.2, 0) is 11.3 Å². The maximum absolute atomic E-state index is 5.99. The van der Waals surface area contributed by atoms with E-state index in [9.17, 15) is 0 Å². The molecule has 0 aromatic carbocycles. The van der Waals surface area contributed by atoms with Crippen molar-refractivity contribution in [3.63, 3.8) is 0 Å². The third-order valence-corrected chi connectivity index (χ3v) is 3.02. The highest BCUT2D eigenvalue weighted by atomic mass is 35.5. The summed E-state index contributed by atoms with van der Waals surface area (Å²) in [6.07, 6.45) is 0. The first-order chi connectivity index (χ1) is 8.19. The van der Waals surface area contributed by atoms with Gasteiger partial charge in [-0.3, -0.25) is 0 Å². The van der Waals surface area contributed by atoms with Gasteiger partial charge in [0, 0.05) is 39.4 Å². The van der Waals surface area contributed by atoms with Gasteiger partial charge in [-0.05, 0) is 7.05 Å². The molecule has 1 aliphatic rings. The molecule has 0 saturated carbocycles. The lowest BCUT2D eigenvalue weighted by Gasteiger charge is -2.33. The molecule has 6 heteroatoms. The topological polar surface area (TPSA) is 41.5 Å². The number of nitrogens with zero attached hydrogens (tertiary/aromatic N) is 4. The Kier molecular flexibility index (Phi) is 4.15. The van der Waals surface area contributed by atoms with Crippen LogP contribution in [0.5, 0.6) is 0 Å². The Morgan fingerprint density at radius 2 is 2.00 bits per heavy atom. The molecule has 17 heavy (non-hydrogen) atoms. The first-order valence-electron chi connectivity index (χ1n) is 5.65. The largest absolute Gasteiger partial charge is 0.377 e. The average Bonchev–Trinajstić information content (AvgIpc) is 2.29. The van der Waals surface area contributed by atoms with Gasteiger partial charge in [0.25, 0.3) is 0 Å². The molecule has 1 aromatic heterocycles. The summed E-state index contributed by atoms with van der Waals surface area (Å²) in [7, 11) is 3.75. The molecule has 1 fully saturated rings. The van der Waals surface area contributed by atoms with Crippen molar-refractivity contribution >= 4 is 17.4 Å². The van der Waals surface area contributed by atoms with Gasteiger partial charge in [-0.15, -0.1) is 0 Å². The van der Waals surface area contributed by atoms with Crippen LogP contribution in [-0.4, -0.2) is 55.2 Å². The van der Waals surface area contributed by atoms with Crippen LogP contribution in [0.15, 0.2) is 6.07 Å². The van der Waals surface area contributed by atoms with Crippen molar-refractivity contribution in [2.24, 2.45) is 0 Å². The van der Waals surface area contributed by atoms with Gasteiger partial charge in [-0.25, -0.2) is 9.97 Å². The summed E-state index contributed by atoms with van der Waals surface area (Å²) in [6, 6.07) is 1.81. The van der Waals surface area contributed by atoms with Crippen LogP contribution in [0.1, 0.15) is 5.82 Å². The number of ether oxygens (including phenoxy) is 1. The number of rotatable bonds is 3. The van der Waals surface area contributed by atoms with Crippen LogP contribution in [0.25, 0.3) is 0 Å². The lowest BCUT2D eigenvalue weighted by molar-refractivity contribution is 0.177. The number of piperazine rings is 1. The standard InChI is InChI=1S/C11H17ClN4O/c1-15-3-5-16(6-4-15)11-7-9(12)13-10(14-11)8-17-2/h7H,3-6,8H2,1-2H3. The molecule has 0 spiro atoms. The van der Waals surface area contributed by atoms with Crippen molar-refractivity contribution < 1.29 is 4.74 Å². The number of likely N-dealkylation sites (N-methyl/N-ethyl adjacent to an activating group) is 1. The number of anilines is 1. The van der Waals surface area contributed by atoms with E-state index in [4.69, 9.17) is 16.3 Å². The van der Waals surface area contributed by atoms with E-state index < -0.39 is 0 Å². The summed E-state index contributed by atoms with van der Waals surface area (Å²) in [5.74, 6) is 1.53. The van der Waals surface area contributed by atoms with E-state index in [0.717, 1.165) is 32.0 Å². The lowest BCUT2D eigenvalue weighted by Crippen LogP contribution is -2.44. The Labute approximate surface area is 106 Å². The van der Waals surface area contributed by atoms with E-state index in [1.54, 1.807) is 7.11 Å². The number of hydrogen-bond acceptors (Lipinski definition) is 5. The number of halogens is 1. The summed E-state index contributed by atoms with van der Waals surface area (Å²) >= 11 is 5.99. The van der Waals surface area contributed by atoms with Gasteiger partial charge in [-0.1, -0.05) is 11.6 Å². The van der Waals surface area contributed by atoms with Gasteiger partial charge in [0.05, 0.1) is 0 Å². The van der Waals surface area contributed by atoms with Gasteiger partial charge in [0.2, 0.25) is 0 Å². The predicted molar refractivity (Wildman–Crippen MR) is 67.5 cm³/mol. The first-order valence-corrected chi connectivity index (χ1v) is 6.02. The average molecular weight is 257 g/mol. The van der Waals surface area contributed by atoms with Crippen molar-refractivity contribution in [3.05, 3.63) is 17.0 Å². The fourth-order valence-electron chi connectivity index (χ4n) is 1.84. The van der Waals surface area contributed by atoms with Gasteiger partial charge in [-0.2, -0.15) is 0 Å². The zero-order chi connectivity index (χ0) is 12.3. The predicted octanol–water partition coefficient (Wildman–Crippen LogP) is 1.03. The monoisotopic (exact) mass is 256 g/mol. The van der Waals surface area contributed by atoms with Crippen molar-refractivity contribution in [2.45, 2.75) is 6.61 Å². The van der Waals surface area contributed by atoms with Crippen LogP contribution in [0.3, 0.4) is 0 Å². The lowest BCUT2D eigenvalue weighted by atomic mass is 10.3. The van der Waals surface area contributed by atoms with Crippen LogP contribution < -0.4 is 4.90 Å². The van der Waals surface area contributed by atoms with Crippen LogP contribution >= 0.6 is 11.6 Å². The highest BCUT2D eigenvalue weighted by molar-refractivity contribution is 6.29. The second-order valence-electron chi connectivity index (χ2n) is 4.19. The molecule has 0 bridgehead atoms. The second kappa shape index (κ2) is 5.62. The summed E-state index contributed by atoms with van der Waals surface area (Å²) < 4.78 is 5.03. The molecular weight excluding hydrogens is 240 g/mol. The molecule has 0 N–H and O–H groups in total. The van der Waals surface area contributed by atoms with E-state index in [-0.39, 0.29) is 0 Å². The smallest absolute Gasteiger partial charge is 0.158 e. The molecule has 5 nitrogen and oxygen atoms in total. The van der Waals surface area contributed by atoms with E-state index in [1.165, 1.54) is 0 Å². The minimum atomic E-state index is 0.390. The quantitative estimate of drug-likeness (QED) is 0.756. The van der Waals surface area contributed by atoms with Gasteiger partial charge >= 0.3 is 0 Å². The summed E-state index contributed by atoms with van der Waals surface area (Å²) in [5.41, 5.74) is 0. The van der Waals surface area contributed by atoms with Crippen LogP contribution in [0.4, 0.5) is 5.82 Å². The van der Waals surface area contributed by atoms with E-state index in [1.807, 2.05) is 6.07 Å². The summed E-state index contributed by atoms with van der Waals surface area (Å²) in [5, 5.41) is 0.473. The van der Waals surface area contributed by atoms with E-state index in [0.29, 0.717) is 17.6 Å². The molecule has 0 amide bonds. The molecule has 0 aliphatic carbocycles. The second-order valence-corrected chi connectivity index (χ2v) is 4.58. The fraction of sp³-hybridized carbons (Fsp3) is 0.636. The van der Waals surface area contributed by atoms with Crippen molar-refractivity contribution in [1.82, 2.24) is 14.9 Å². The van der Waals surface area contributed by atoms with Gasteiger partial charge in [0.1, 0.15) is 17.6 Å². The summed E-state index contributed by atoms with van der Waals surface area (Å²) in [4.78, 5) is 13.1. The Balaban J connectivity index is 2.14. The Hall–Kier alpha value is -0.910. The Bertz CT molecular complexity index is 380. The molecule has 94 valence electrons. The number of hydrogen-bond donors (Lipinski definition) is 0. The Morgan fingerprint density at radius 1 is 1.29 bits per heavy atom. The van der Waals surface area contributed by atoms with Gasteiger partial charge < -0.3 is 14.5 Å². The minimum Gasteiger partial charge on any atom is -0.377 e. The van der Waals surface area contributed by atoms with Crippen molar-refractivity contribution in [2.75, 3.05) is 45.2 Å². The zero-order valence-corrected chi connectivity index (χ0v) is 10.9. The van der Waals surface area contributed by atoms with Crippen molar-refractivity contribution in [3.8, 4) is 0 Å². The van der Waals surface area contributed by atoms with Gasteiger partial charge in [0.15, 0.2) is 5.82 Å². The molecule has 1 saturated heterocycles. The molecule has 0 radical (unpaired) electrons. The zero-order valence-electron chi connectivity index (χ0n) is 10.2. The molecule has 2 heterocycles.